The lowest BCUT2D eigenvalue weighted by Crippen LogP contribution is -2.29. The van der Waals surface area contributed by atoms with Crippen molar-refractivity contribution in [2.75, 3.05) is 11.9 Å². The van der Waals surface area contributed by atoms with Crippen LogP contribution in [0.2, 0.25) is 0 Å². The summed E-state index contributed by atoms with van der Waals surface area (Å²) in [6.45, 7) is 2.74. The van der Waals surface area contributed by atoms with E-state index in [4.69, 9.17) is 4.74 Å². The first-order valence-electron chi connectivity index (χ1n) is 10.1. The van der Waals surface area contributed by atoms with Crippen molar-refractivity contribution in [3.8, 4) is 0 Å². The number of carbonyl (C=O) groups excluding carboxylic acids is 3. The Balaban J connectivity index is 1.53. The van der Waals surface area contributed by atoms with Crippen molar-refractivity contribution in [3.63, 3.8) is 0 Å². The minimum atomic E-state index is -0.403. The van der Waals surface area contributed by atoms with Gasteiger partial charge in [-0.15, -0.1) is 0 Å². The molecule has 1 fully saturated rings. The minimum Gasteiger partial charge on any atom is -0.462 e. The number of imidazole rings is 1. The molecule has 8 heteroatoms. The highest BCUT2D eigenvalue weighted by atomic mass is 16.5. The van der Waals surface area contributed by atoms with Gasteiger partial charge in [0.15, 0.2) is 11.5 Å². The van der Waals surface area contributed by atoms with Gasteiger partial charge in [0.1, 0.15) is 0 Å². The number of ether oxygens (including phenoxy) is 1. The molecule has 0 radical (unpaired) electrons. The number of esters is 1. The van der Waals surface area contributed by atoms with Gasteiger partial charge in [-0.25, -0.2) is 9.78 Å². The van der Waals surface area contributed by atoms with Gasteiger partial charge in [0.25, 0.3) is 11.8 Å². The van der Waals surface area contributed by atoms with Crippen LogP contribution in [0.4, 0.5) is 5.69 Å². The Morgan fingerprint density at radius 3 is 2.59 bits per heavy atom. The molecule has 2 aromatic rings. The number of amides is 2. The molecule has 8 nitrogen and oxygen atoms in total. The van der Waals surface area contributed by atoms with E-state index in [1.54, 1.807) is 31.2 Å². The molecule has 0 spiro atoms. The summed E-state index contributed by atoms with van der Waals surface area (Å²) < 4.78 is 6.84. The molecular formula is C21H24N4O4. The van der Waals surface area contributed by atoms with E-state index in [0.717, 1.165) is 31.4 Å². The molecule has 2 aliphatic rings. The zero-order valence-electron chi connectivity index (χ0n) is 16.4. The van der Waals surface area contributed by atoms with Crippen molar-refractivity contribution >= 4 is 23.5 Å². The highest BCUT2D eigenvalue weighted by molar-refractivity contribution is 6.05. The summed E-state index contributed by atoms with van der Waals surface area (Å²) >= 11 is 0. The summed E-state index contributed by atoms with van der Waals surface area (Å²) in [6.07, 6.45) is 4.63. The number of nitrogens with one attached hydrogen (secondary N) is 2. The Labute approximate surface area is 168 Å². The molecule has 152 valence electrons. The zero-order valence-corrected chi connectivity index (χ0v) is 16.4. The molecule has 1 aromatic carbocycles. The molecule has 2 amide bonds. The van der Waals surface area contributed by atoms with Crippen LogP contribution in [0.25, 0.3) is 0 Å². The molecule has 2 N–H and O–H groups in total. The second kappa shape index (κ2) is 8.06. The van der Waals surface area contributed by atoms with Gasteiger partial charge in [-0.1, -0.05) is 0 Å². The number of hydrogen-bond donors (Lipinski definition) is 2. The number of anilines is 1. The Kier molecular flexibility index (Phi) is 5.33. The Hall–Kier alpha value is -3.16. The number of carbonyl (C=O) groups is 3. The normalized spacial score (nSPS) is 15.3. The van der Waals surface area contributed by atoms with Crippen LogP contribution in [-0.4, -0.2) is 40.0 Å². The van der Waals surface area contributed by atoms with Gasteiger partial charge >= 0.3 is 5.97 Å². The Bertz CT molecular complexity index is 944. The van der Waals surface area contributed by atoms with Crippen molar-refractivity contribution in [1.82, 2.24) is 14.9 Å². The van der Waals surface area contributed by atoms with Gasteiger partial charge < -0.3 is 19.9 Å². The van der Waals surface area contributed by atoms with E-state index in [0.29, 0.717) is 42.3 Å². The quantitative estimate of drug-likeness (QED) is 0.731. The van der Waals surface area contributed by atoms with E-state index in [9.17, 15) is 14.4 Å². The van der Waals surface area contributed by atoms with E-state index < -0.39 is 5.97 Å². The number of benzene rings is 1. The maximum atomic E-state index is 12.9. The van der Waals surface area contributed by atoms with Crippen LogP contribution < -0.4 is 10.6 Å². The Morgan fingerprint density at radius 1 is 1.14 bits per heavy atom. The average molecular weight is 396 g/mol. The topological polar surface area (TPSA) is 102 Å². The van der Waals surface area contributed by atoms with Crippen LogP contribution in [0.5, 0.6) is 0 Å². The molecule has 0 bridgehead atoms. The molecular weight excluding hydrogens is 372 g/mol. The maximum Gasteiger partial charge on any atom is 0.338 e. The second-order valence-electron chi connectivity index (χ2n) is 7.34. The van der Waals surface area contributed by atoms with Crippen LogP contribution in [0.15, 0.2) is 24.3 Å². The summed E-state index contributed by atoms with van der Waals surface area (Å²) in [5.41, 5.74) is 2.06. The highest BCUT2D eigenvalue weighted by Gasteiger charge is 2.30. The fraction of sp³-hybridized carbons (Fsp3) is 0.429. The molecule has 4 rings (SSSR count). The van der Waals surface area contributed by atoms with Crippen molar-refractivity contribution in [1.29, 1.82) is 0 Å². The van der Waals surface area contributed by atoms with Gasteiger partial charge in [0.2, 0.25) is 0 Å². The van der Waals surface area contributed by atoms with E-state index in [1.807, 2.05) is 4.57 Å². The van der Waals surface area contributed by atoms with E-state index in [1.165, 1.54) is 0 Å². The van der Waals surface area contributed by atoms with Crippen LogP contribution >= 0.6 is 0 Å². The predicted octanol–water partition coefficient (Wildman–Crippen LogP) is 2.54. The van der Waals surface area contributed by atoms with Gasteiger partial charge in [-0.2, -0.15) is 0 Å². The summed E-state index contributed by atoms with van der Waals surface area (Å²) in [5.74, 6) is -0.659. The lowest BCUT2D eigenvalue weighted by molar-refractivity contribution is 0.0526. The summed E-state index contributed by atoms with van der Waals surface area (Å²) in [4.78, 5) is 41.6. The molecule has 0 saturated heterocycles. The van der Waals surface area contributed by atoms with Gasteiger partial charge in [0.05, 0.1) is 17.9 Å². The smallest absolute Gasteiger partial charge is 0.338 e. The summed E-state index contributed by atoms with van der Waals surface area (Å²) in [6, 6.07) is 6.73. The number of aromatic nitrogens is 2. The lowest BCUT2D eigenvalue weighted by atomic mass is 10.1. The van der Waals surface area contributed by atoms with Crippen molar-refractivity contribution in [2.45, 2.75) is 51.6 Å². The lowest BCUT2D eigenvalue weighted by Gasteiger charge is -2.17. The number of nitrogens with zero attached hydrogens (tertiary/aromatic N) is 2. The maximum absolute atomic E-state index is 12.9. The van der Waals surface area contributed by atoms with Crippen LogP contribution in [0, 0.1) is 0 Å². The van der Waals surface area contributed by atoms with Gasteiger partial charge in [-0.05, 0) is 63.3 Å². The zero-order chi connectivity index (χ0) is 20.4. The van der Waals surface area contributed by atoms with Crippen LogP contribution in [0.3, 0.4) is 0 Å². The molecule has 29 heavy (non-hydrogen) atoms. The first kappa shape index (κ1) is 19.2. The van der Waals surface area contributed by atoms with Crippen molar-refractivity contribution < 1.29 is 19.1 Å². The third kappa shape index (κ3) is 4.16. The summed E-state index contributed by atoms with van der Waals surface area (Å²) in [7, 11) is 0. The second-order valence-corrected chi connectivity index (χ2v) is 7.34. The van der Waals surface area contributed by atoms with E-state index in [-0.39, 0.29) is 17.9 Å². The molecule has 0 unspecified atom stereocenters. The summed E-state index contributed by atoms with van der Waals surface area (Å²) in [5, 5.41) is 5.76. The monoisotopic (exact) mass is 396 g/mol. The number of fused-ring (bicyclic) bond motifs is 1. The standard InChI is InChI=1S/C21H24N4O4/c1-2-29-21(28)13-6-8-14(9-7-13)22-19(26)17-16-5-3-4-12-25(16)18(24-17)20(27)23-15-10-11-15/h6-9,15H,2-5,10-12H2,1H3,(H,22,26)(H,23,27). The average Bonchev–Trinajstić information content (AvgIpc) is 3.45. The van der Waals surface area contributed by atoms with Crippen LogP contribution in [0.1, 0.15) is 69.8 Å². The first-order chi connectivity index (χ1) is 14.1. The molecule has 1 aliphatic heterocycles. The third-order valence-electron chi connectivity index (χ3n) is 5.10. The van der Waals surface area contributed by atoms with Gasteiger partial charge in [-0.3, -0.25) is 9.59 Å². The van der Waals surface area contributed by atoms with Gasteiger partial charge in [0, 0.05) is 18.3 Å². The third-order valence-corrected chi connectivity index (χ3v) is 5.10. The van der Waals surface area contributed by atoms with Crippen LogP contribution in [-0.2, 0) is 17.7 Å². The number of hydrogen-bond acceptors (Lipinski definition) is 5. The van der Waals surface area contributed by atoms with E-state index in [2.05, 4.69) is 15.6 Å². The first-order valence-corrected chi connectivity index (χ1v) is 10.1. The van der Waals surface area contributed by atoms with Crippen molar-refractivity contribution in [2.24, 2.45) is 0 Å². The molecule has 2 heterocycles. The highest BCUT2D eigenvalue weighted by Crippen LogP contribution is 2.24. The molecule has 1 aromatic heterocycles. The minimum absolute atomic E-state index is 0.214. The largest absolute Gasteiger partial charge is 0.462 e. The fourth-order valence-corrected chi connectivity index (χ4v) is 3.47. The predicted molar refractivity (Wildman–Crippen MR) is 106 cm³/mol. The number of rotatable bonds is 6. The molecule has 1 aliphatic carbocycles. The fourth-order valence-electron chi connectivity index (χ4n) is 3.47. The molecule has 1 saturated carbocycles. The van der Waals surface area contributed by atoms with E-state index >= 15 is 0 Å². The molecule has 0 atom stereocenters. The Morgan fingerprint density at radius 2 is 1.90 bits per heavy atom. The SMILES string of the molecule is CCOC(=O)c1ccc(NC(=O)c2nc(C(=O)NC3CC3)n3c2CCCC3)cc1. The van der Waals surface area contributed by atoms with Crippen molar-refractivity contribution in [3.05, 3.63) is 47.0 Å².